The summed E-state index contributed by atoms with van der Waals surface area (Å²) in [5.74, 6) is 0.923. The molecule has 0 spiro atoms. The number of ether oxygens (including phenoxy) is 1. The number of hydrogen-bond acceptors (Lipinski definition) is 3. The van der Waals surface area contributed by atoms with Gasteiger partial charge in [0.15, 0.2) is 0 Å². The molecule has 23 heavy (non-hydrogen) atoms. The summed E-state index contributed by atoms with van der Waals surface area (Å²) in [5, 5.41) is 0. The van der Waals surface area contributed by atoms with Crippen LogP contribution in [0.25, 0.3) is 0 Å². The maximum atomic E-state index is 12.7. The van der Waals surface area contributed by atoms with Gasteiger partial charge in [0.25, 0.3) is 5.91 Å². The van der Waals surface area contributed by atoms with Crippen LogP contribution < -0.4 is 10.5 Å². The number of nitrogens with zero attached hydrogens (tertiary/aromatic N) is 1. The van der Waals surface area contributed by atoms with Gasteiger partial charge in [0, 0.05) is 18.7 Å². The van der Waals surface area contributed by atoms with Crippen LogP contribution in [0.3, 0.4) is 0 Å². The van der Waals surface area contributed by atoms with Crippen molar-refractivity contribution in [1.82, 2.24) is 4.90 Å². The minimum absolute atomic E-state index is 0.0766. The lowest BCUT2D eigenvalue weighted by Gasteiger charge is -2.25. The Balaban J connectivity index is 1.64. The molecule has 2 aromatic rings. The van der Waals surface area contributed by atoms with Crippen molar-refractivity contribution in [2.24, 2.45) is 5.73 Å². The predicted octanol–water partition coefficient (Wildman–Crippen LogP) is 2.83. The zero-order chi connectivity index (χ0) is 16.1. The maximum absolute atomic E-state index is 12.7. The molecule has 120 valence electrons. The highest BCUT2D eigenvalue weighted by Gasteiger charge is 2.29. The second kappa shape index (κ2) is 7.29. The Hall–Kier alpha value is -2.33. The second-order valence-electron chi connectivity index (χ2n) is 5.82. The van der Waals surface area contributed by atoms with Crippen LogP contribution in [0.15, 0.2) is 54.6 Å². The summed E-state index contributed by atoms with van der Waals surface area (Å²) in [7, 11) is 0. The van der Waals surface area contributed by atoms with E-state index in [1.54, 1.807) is 0 Å². The molecule has 1 fully saturated rings. The summed E-state index contributed by atoms with van der Waals surface area (Å²) in [4.78, 5) is 14.6. The van der Waals surface area contributed by atoms with Crippen LogP contribution in [0, 0.1) is 0 Å². The number of carbonyl (C=O) groups is 1. The highest BCUT2D eigenvalue weighted by molar-refractivity contribution is 5.94. The first kappa shape index (κ1) is 15.6. The van der Waals surface area contributed by atoms with Gasteiger partial charge in [-0.2, -0.15) is 0 Å². The van der Waals surface area contributed by atoms with E-state index < -0.39 is 0 Å². The number of amides is 1. The summed E-state index contributed by atoms with van der Waals surface area (Å²) < 4.78 is 5.83. The fourth-order valence-corrected chi connectivity index (χ4v) is 2.93. The molecule has 0 saturated carbocycles. The lowest BCUT2D eigenvalue weighted by atomic mass is 10.1. The van der Waals surface area contributed by atoms with Gasteiger partial charge in [0.1, 0.15) is 12.4 Å². The first-order valence-corrected chi connectivity index (χ1v) is 8.06. The molecule has 0 bridgehead atoms. The molecule has 0 radical (unpaired) electrons. The largest absolute Gasteiger partial charge is 0.491 e. The van der Waals surface area contributed by atoms with E-state index in [0.717, 1.165) is 30.7 Å². The van der Waals surface area contributed by atoms with E-state index in [0.29, 0.717) is 18.7 Å². The Bertz CT molecular complexity index is 640. The van der Waals surface area contributed by atoms with Gasteiger partial charge in [0.05, 0.1) is 6.04 Å². The molecule has 1 amide bonds. The third kappa shape index (κ3) is 3.71. The molecule has 0 aromatic heterocycles. The van der Waals surface area contributed by atoms with Crippen molar-refractivity contribution in [2.45, 2.75) is 25.4 Å². The van der Waals surface area contributed by atoms with Crippen molar-refractivity contribution in [3.05, 3.63) is 65.7 Å². The number of carbonyl (C=O) groups excluding carboxylic acids is 1. The maximum Gasteiger partial charge on any atom is 0.254 e. The van der Waals surface area contributed by atoms with Crippen LogP contribution in [0.2, 0.25) is 0 Å². The van der Waals surface area contributed by atoms with E-state index in [-0.39, 0.29) is 11.9 Å². The van der Waals surface area contributed by atoms with E-state index >= 15 is 0 Å². The molecule has 1 saturated heterocycles. The fraction of sp³-hybridized carbons (Fsp3) is 0.316. The number of para-hydroxylation sites is 1. The zero-order valence-corrected chi connectivity index (χ0v) is 13.2. The predicted molar refractivity (Wildman–Crippen MR) is 90.3 cm³/mol. The molecule has 1 aliphatic heterocycles. The van der Waals surface area contributed by atoms with Gasteiger partial charge in [-0.1, -0.05) is 30.3 Å². The average molecular weight is 310 g/mol. The van der Waals surface area contributed by atoms with Crippen LogP contribution in [0.1, 0.15) is 28.8 Å². The number of rotatable bonds is 5. The van der Waals surface area contributed by atoms with Crippen LogP contribution in [-0.4, -0.2) is 30.0 Å². The second-order valence-corrected chi connectivity index (χ2v) is 5.82. The normalized spacial score (nSPS) is 17.3. The Labute approximate surface area is 136 Å². The summed E-state index contributed by atoms with van der Waals surface area (Å²) >= 11 is 0. The molecule has 0 aliphatic carbocycles. The number of likely N-dealkylation sites (tertiary alicyclic amines) is 1. The molecule has 1 atom stereocenters. The number of hydrogen-bond donors (Lipinski definition) is 1. The summed E-state index contributed by atoms with van der Waals surface area (Å²) in [5.41, 5.74) is 7.35. The van der Waals surface area contributed by atoms with Crippen LogP contribution >= 0.6 is 0 Å². The number of nitrogens with two attached hydrogens (primary N) is 1. The van der Waals surface area contributed by atoms with Gasteiger partial charge in [-0.05, 0) is 42.7 Å². The van der Waals surface area contributed by atoms with Gasteiger partial charge in [0.2, 0.25) is 0 Å². The van der Waals surface area contributed by atoms with Gasteiger partial charge >= 0.3 is 0 Å². The Morgan fingerprint density at radius 3 is 2.57 bits per heavy atom. The Kier molecular flexibility index (Phi) is 4.93. The minimum atomic E-state index is 0.0766. The molecule has 2 N–H and O–H groups in total. The highest BCUT2D eigenvalue weighted by atomic mass is 16.5. The quantitative estimate of drug-likeness (QED) is 0.924. The first-order chi connectivity index (χ1) is 11.3. The molecule has 2 aromatic carbocycles. The van der Waals surface area contributed by atoms with E-state index in [2.05, 4.69) is 0 Å². The molecular formula is C19H22N2O2. The lowest BCUT2D eigenvalue weighted by molar-refractivity contribution is 0.0691. The molecule has 3 rings (SSSR count). The van der Waals surface area contributed by atoms with Crippen molar-refractivity contribution in [3.8, 4) is 5.75 Å². The number of benzene rings is 2. The zero-order valence-electron chi connectivity index (χ0n) is 13.2. The molecule has 1 heterocycles. The van der Waals surface area contributed by atoms with Gasteiger partial charge in [-0.3, -0.25) is 4.79 Å². The minimum Gasteiger partial charge on any atom is -0.491 e. The molecule has 1 aliphatic rings. The van der Waals surface area contributed by atoms with E-state index in [1.165, 1.54) is 0 Å². The van der Waals surface area contributed by atoms with Gasteiger partial charge < -0.3 is 15.4 Å². The van der Waals surface area contributed by atoms with Gasteiger partial charge in [-0.25, -0.2) is 0 Å². The van der Waals surface area contributed by atoms with E-state index in [4.69, 9.17) is 10.5 Å². The Morgan fingerprint density at radius 1 is 1.13 bits per heavy atom. The van der Waals surface area contributed by atoms with E-state index in [9.17, 15) is 4.79 Å². The monoisotopic (exact) mass is 310 g/mol. The summed E-state index contributed by atoms with van der Waals surface area (Å²) in [6, 6.07) is 17.4. The molecule has 4 nitrogen and oxygen atoms in total. The van der Waals surface area contributed by atoms with Crippen molar-refractivity contribution in [3.63, 3.8) is 0 Å². The third-order valence-electron chi connectivity index (χ3n) is 4.26. The average Bonchev–Trinajstić information content (AvgIpc) is 3.09. The molecule has 0 unspecified atom stereocenters. The van der Waals surface area contributed by atoms with Crippen LogP contribution in [0.4, 0.5) is 0 Å². The van der Waals surface area contributed by atoms with Crippen molar-refractivity contribution < 1.29 is 9.53 Å². The van der Waals surface area contributed by atoms with Crippen molar-refractivity contribution in [1.29, 1.82) is 0 Å². The summed E-state index contributed by atoms with van der Waals surface area (Å²) in [6.07, 6.45) is 2.01. The summed E-state index contributed by atoms with van der Waals surface area (Å²) in [6.45, 7) is 1.82. The van der Waals surface area contributed by atoms with Crippen molar-refractivity contribution in [2.75, 3.05) is 13.2 Å². The molecule has 4 heteroatoms. The van der Waals surface area contributed by atoms with Crippen molar-refractivity contribution >= 4 is 5.91 Å². The SMILES string of the molecule is NCc1ccc(C(=O)N2CCC[C@@H]2COc2ccccc2)cc1. The van der Waals surface area contributed by atoms with Crippen LogP contribution in [0.5, 0.6) is 5.75 Å². The smallest absolute Gasteiger partial charge is 0.254 e. The topological polar surface area (TPSA) is 55.6 Å². The Morgan fingerprint density at radius 2 is 1.87 bits per heavy atom. The highest BCUT2D eigenvalue weighted by Crippen LogP contribution is 2.21. The standard InChI is InChI=1S/C19H22N2O2/c20-13-15-8-10-16(11-9-15)19(22)21-12-4-5-17(21)14-23-18-6-2-1-3-7-18/h1-3,6-11,17H,4-5,12-14,20H2/t17-/m1/s1. The van der Waals surface area contributed by atoms with Crippen LogP contribution in [-0.2, 0) is 6.54 Å². The van der Waals surface area contributed by atoms with E-state index in [1.807, 2.05) is 59.5 Å². The van der Waals surface area contributed by atoms with Gasteiger partial charge in [-0.15, -0.1) is 0 Å². The third-order valence-corrected chi connectivity index (χ3v) is 4.26. The fourth-order valence-electron chi connectivity index (χ4n) is 2.93. The lowest BCUT2D eigenvalue weighted by Crippen LogP contribution is -2.39. The molecular weight excluding hydrogens is 288 g/mol. The first-order valence-electron chi connectivity index (χ1n) is 8.06.